The molecule has 0 spiro atoms. The third-order valence-corrected chi connectivity index (χ3v) is 5.68. The number of piperidine rings is 3. The van der Waals surface area contributed by atoms with Gasteiger partial charge in [-0.15, -0.1) is 12.3 Å². The van der Waals surface area contributed by atoms with Gasteiger partial charge in [-0.25, -0.2) is 0 Å². The maximum atomic E-state index is 11.1. The van der Waals surface area contributed by atoms with Crippen LogP contribution >= 0.6 is 0 Å². The number of hydrogen-bond acceptors (Lipinski definition) is 4. The third-order valence-electron chi connectivity index (χ3n) is 5.68. The van der Waals surface area contributed by atoms with Gasteiger partial charge in [-0.1, -0.05) is 0 Å². The van der Waals surface area contributed by atoms with Crippen LogP contribution in [0.3, 0.4) is 0 Å². The van der Waals surface area contributed by atoms with Crippen LogP contribution in [0.1, 0.15) is 24.5 Å². The Kier molecular flexibility index (Phi) is 3.91. The molecule has 4 heteroatoms. The number of terminal acetylenes is 1. The molecule has 2 bridgehead atoms. The van der Waals surface area contributed by atoms with Crippen LogP contribution in [0, 0.1) is 24.2 Å². The minimum Gasteiger partial charge on any atom is -0.497 e. The summed E-state index contributed by atoms with van der Waals surface area (Å²) in [7, 11) is 1.65. The maximum Gasteiger partial charge on any atom is 0.119 e. The zero-order chi connectivity index (χ0) is 16.7. The fraction of sp³-hybridized carbons (Fsp3) is 0.450. The highest BCUT2D eigenvalue weighted by atomic mass is 16.5. The standard InChI is InChI=1S/C20H22N2O2/c1-3-13-12-22-9-7-14(13)10-19(22)20(23)16-6-8-21-18-5-4-15(24-2)11-17(16)18/h1,4-6,8,11,13-14,19-20,23H,7,9-10,12H2,2H3/t13-,14-,19+,20+/m0/s1. The van der Waals surface area contributed by atoms with Gasteiger partial charge in [0.05, 0.1) is 18.7 Å². The molecule has 5 rings (SSSR count). The average molecular weight is 322 g/mol. The third kappa shape index (κ3) is 2.45. The molecule has 3 aliphatic heterocycles. The van der Waals surface area contributed by atoms with Crippen LogP contribution in [0.2, 0.25) is 0 Å². The van der Waals surface area contributed by atoms with E-state index in [1.54, 1.807) is 13.3 Å². The first-order chi connectivity index (χ1) is 11.7. The first-order valence-electron chi connectivity index (χ1n) is 8.52. The summed E-state index contributed by atoms with van der Waals surface area (Å²) in [5.74, 6) is 4.57. The molecule has 5 atom stereocenters. The molecular formula is C20H22N2O2. The molecule has 0 aliphatic carbocycles. The zero-order valence-electron chi connectivity index (χ0n) is 13.9. The van der Waals surface area contributed by atoms with E-state index in [-0.39, 0.29) is 6.04 Å². The molecule has 3 aliphatic rings. The molecule has 1 aromatic carbocycles. The number of methoxy groups -OCH3 is 1. The summed E-state index contributed by atoms with van der Waals surface area (Å²) >= 11 is 0. The van der Waals surface area contributed by atoms with Gasteiger partial charge in [0.2, 0.25) is 0 Å². The van der Waals surface area contributed by atoms with Gasteiger partial charge in [0, 0.05) is 30.1 Å². The van der Waals surface area contributed by atoms with Crippen molar-refractivity contribution in [3.8, 4) is 18.1 Å². The normalized spacial score (nSPS) is 30.0. The lowest BCUT2D eigenvalue weighted by Crippen LogP contribution is -2.55. The van der Waals surface area contributed by atoms with E-state index in [0.29, 0.717) is 11.8 Å². The van der Waals surface area contributed by atoms with Crippen LogP contribution in [-0.2, 0) is 0 Å². The molecule has 0 amide bonds. The number of aromatic nitrogens is 1. The van der Waals surface area contributed by atoms with Crippen molar-refractivity contribution in [3.63, 3.8) is 0 Å². The number of ether oxygens (including phenoxy) is 1. The number of hydrogen-bond donors (Lipinski definition) is 1. The first kappa shape index (κ1) is 15.4. The Labute approximate surface area is 142 Å². The van der Waals surface area contributed by atoms with Crippen molar-refractivity contribution in [3.05, 3.63) is 36.0 Å². The Bertz CT molecular complexity index is 798. The first-order valence-corrected chi connectivity index (χ1v) is 8.52. The Morgan fingerprint density at radius 2 is 2.29 bits per heavy atom. The molecule has 1 aromatic heterocycles. The van der Waals surface area contributed by atoms with Crippen LogP contribution in [0.5, 0.6) is 5.75 Å². The van der Waals surface area contributed by atoms with Crippen LogP contribution < -0.4 is 4.74 Å². The second kappa shape index (κ2) is 6.08. The van der Waals surface area contributed by atoms with E-state index in [9.17, 15) is 5.11 Å². The van der Waals surface area contributed by atoms with Crippen molar-refractivity contribution >= 4 is 10.9 Å². The van der Waals surface area contributed by atoms with E-state index in [1.807, 2.05) is 24.3 Å². The Morgan fingerprint density at radius 3 is 3.00 bits per heavy atom. The number of nitrogens with zero attached hydrogens (tertiary/aromatic N) is 2. The zero-order valence-corrected chi connectivity index (χ0v) is 13.9. The summed E-state index contributed by atoms with van der Waals surface area (Å²) in [6.45, 7) is 1.92. The van der Waals surface area contributed by atoms with Crippen LogP contribution in [0.25, 0.3) is 10.9 Å². The van der Waals surface area contributed by atoms with Gasteiger partial charge in [0.1, 0.15) is 5.75 Å². The minimum atomic E-state index is -0.538. The van der Waals surface area contributed by atoms with E-state index in [1.165, 1.54) is 0 Å². The summed E-state index contributed by atoms with van der Waals surface area (Å²) in [6, 6.07) is 7.85. The van der Waals surface area contributed by atoms with Crippen molar-refractivity contribution in [2.75, 3.05) is 20.2 Å². The summed E-state index contributed by atoms with van der Waals surface area (Å²) in [4.78, 5) is 6.77. The Balaban J connectivity index is 1.69. The molecule has 4 nitrogen and oxygen atoms in total. The van der Waals surface area contributed by atoms with E-state index in [0.717, 1.165) is 48.1 Å². The fourth-order valence-corrected chi connectivity index (χ4v) is 4.32. The number of rotatable bonds is 3. The van der Waals surface area contributed by atoms with Gasteiger partial charge in [0.15, 0.2) is 0 Å². The summed E-state index contributed by atoms with van der Waals surface area (Å²) in [6.07, 6.45) is 9.01. The fourth-order valence-electron chi connectivity index (χ4n) is 4.32. The summed E-state index contributed by atoms with van der Waals surface area (Å²) in [5, 5.41) is 12.1. The quantitative estimate of drug-likeness (QED) is 0.883. The highest BCUT2D eigenvalue weighted by Gasteiger charge is 2.42. The summed E-state index contributed by atoms with van der Waals surface area (Å²) < 4.78 is 5.34. The number of fused-ring (bicyclic) bond motifs is 4. The van der Waals surface area contributed by atoms with Gasteiger partial charge in [-0.2, -0.15) is 0 Å². The molecule has 4 heterocycles. The molecule has 3 saturated heterocycles. The van der Waals surface area contributed by atoms with E-state index >= 15 is 0 Å². The van der Waals surface area contributed by atoms with Gasteiger partial charge in [-0.05, 0) is 55.1 Å². The second-order valence-corrected chi connectivity index (χ2v) is 6.85. The van der Waals surface area contributed by atoms with Gasteiger partial charge < -0.3 is 9.84 Å². The van der Waals surface area contributed by atoms with Crippen molar-refractivity contribution in [2.24, 2.45) is 11.8 Å². The highest BCUT2D eigenvalue weighted by Crippen LogP contribution is 2.41. The topological polar surface area (TPSA) is 45.6 Å². The van der Waals surface area contributed by atoms with Crippen LogP contribution in [0.4, 0.5) is 0 Å². The monoisotopic (exact) mass is 322 g/mol. The van der Waals surface area contributed by atoms with Crippen molar-refractivity contribution in [2.45, 2.75) is 25.0 Å². The average Bonchev–Trinajstić information content (AvgIpc) is 2.66. The van der Waals surface area contributed by atoms with Crippen molar-refractivity contribution in [1.82, 2.24) is 9.88 Å². The van der Waals surface area contributed by atoms with Crippen molar-refractivity contribution < 1.29 is 9.84 Å². The number of benzene rings is 1. The van der Waals surface area contributed by atoms with Gasteiger partial charge in [0.25, 0.3) is 0 Å². The lowest BCUT2D eigenvalue weighted by molar-refractivity contribution is -0.0425. The molecule has 3 fully saturated rings. The van der Waals surface area contributed by atoms with E-state index in [4.69, 9.17) is 11.2 Å². The predicted molar refractivity (Wildman–Crippen MR) is 93.7 cm³/mol. The molecule has 0 saturated carbocycles. The molecule has 24 heavy (non-hydrogen) atoms. The van der Waals surface area contributed by atoms with Gasteiger partial charge >= 0.3 is 0 Å². The maximum absolute atomic E-state index is 11.1. The molecule has 1 N–H and O–H groups in total. The Hall–Kier alpha value is -2.09. The van der Waals surface area contributed by atoms with Gasteiger partial charge in [-0.3, -0.25) is 9.88 Å². The lowest BCUT2D eigenvalue weighted by Gasteiger charge is -2.50. The van der Waals surface area contributed by atoms with E-state index in [2.05, 4.69) is 15.8 Å². The van der Waals surface area contributed by atoms with Crippen LogP contribution in [0.15, 0.2) is 30.5 Å². The number of aliphatic hydroxyl groups excluding tert-OH is 1. The predicted octanol–water partition coefficient (Wildman–Crippen LogP) is 2.62. The number of aliphatic hydroxyl groups is 1. The minimum absolute atomic E-state index is 0.130. The molecular weight excluding hydrogens is 300 g/mol. The largest absolute Gasteiger partial charge is 0.497 e. The highest BCUT2D eigenvalue weighted by molar-refractivity contribution is 5.83. The van der Waals surface area contributed by atoms with Crippen LogP contribution in [-0.4, -0.2) is 41.2 Å². The number of pyridine rings is 1. The molecule has 124 valence electrons. The van der Waals surface area contributed by atoms with E-state index < -0.39 is 6.10 Å². The molecule has 1 unspecified atom stereocenters. The molecule has 0 radical (unpaired) electrons. The SMILES string of the molecule is C#C[C@H]1CN2CC[C@H]1C[C@@H]2[C@H](O)c1ccnc2ccc(OC)cc12. The smallest absolute Gasteiger partial charge is 0.119 e. The summed E-state index contributed by atoms with van der Waals surface area (Å²) in [5.41, 5.74) is 1.80. The lowest BCUT2D eigenvalue weighted by atomic mass is 9.74. The molecule has 2 aromatic rings. The Morgan fingerprint density at radius 1 is 1.42 bits per heavy atom. The second-order valence-electron chi connectivity index (χ2n) is 6.85. The van der Waals surface area contributed by atoms with Crippen molar-refractivity contribution in [1.29, 1.82) is 0 Å².